The maximum absolute atomic E-state index is 12.6. The molecular weight excluding hydrogens is 310 g/mol. The summed E-state index contributed by atoms with van der Waals surface area (Å²) in [6.07, 6.45) is 3.30. The van der Waals surface area contributed by atoms with Gasteiger partial charge in [-0.1, -0.05) is 17.3 Å². The molecule has 2 aromatic rings. The second-order valence-electron chi connectivity index (χ2n) is 5.40. The third-order valence-electron chi connectivity index (χ3n) is 3.77. The molecule has 1 aliphatic rings. The Morgan fingerprint density at radius 3 is 3.08 bits per heavy atom. The number of aromatic nitrogens is 2. The molecule has 0 N–H and O–H groups in total. The summed E-state index contributed by atoms with van der Waals surface area (Å²) in [5, 5.41) is 3.91. The van der Waals surface area contributed by atoms with Crippen LogP contribution in [0.1, 0.15) is 23.3 Å². The second kappa shape index (κ2) is 7.27. The summed E-state index contributed by atoms with van der Waals surface area (Å²) < 4.78 is 15.7. The molecule has 0 aliphatic carbocycles. The fourth-order valence-electron chi connectivity index (χ4n) is 2.54. The summed E-state index contributed by atoms with van der Waals surface area (Å²) >= 11 is 0. The molecule has 0 bridgehead atoms. The largest absolute Gasteiger partial charge is 0.497 e. The summed E-state index contributed by atoms with van der Waals surface area (Å²) in [6.45, 7) is 3.05. The zero-order valence-electron chi connectivity index (χ0n) is 13.6. The number of rotatable bonds is 4. The van der Waals surface area contributed by atoms with Gasteiger partial charge in [0.25, 0.3) is 0 Å². The van der Waals surface area contributed by atoms with Crippen molar-refractivity contribution < 1.29 is 18.8 Å². The number of carbonyl (C=O) groups excluding carboxylic acids is 1. The number of amides is 1. The third kappa shape index (κ3) is 3.62. The minimum absolute atomic E-state index is 0.117. The average Bonchev–Trinajstić information content (AvgIpc) is 3.06. The number of nitrogens with zero attached hydrogens (tertiary/aromatic N) is 3. The van der Waals surface area contributed by atoms with Crippen molar-refractivity contribution in [2.24, 2.45) is 0 Å². The van der Waals surface area contributed by atoms with Gasteiger partial charge in [0, 0.05) is 19.5 Å². The van der Waals surface area contributed by atoms with Gasteiger partial charge in [-0.05, 0) is 23.8 Å². The summed E-state index contributed by atoms with van der Waals surface area (Å²) in [6, 6.07) is 7.17. The van der Waals surface area contributed by atoms with E-state index in [2.05, 4.69) is 10.1 Å². The first-order chi connectivity index (χ1) is 11.7. The Balaban J connectivity index is 1.75. The first kappa shape index (κ1) is 16.2. The number of carbonyl (C=O) groups is 1. The van der Waals surface area contributed by atoms with Crippen molar-refractivity contribution in [1.29, 1.82) is 0 Å². The standard InChI is InChI=1S/C17H19N3O4/c1-12-18-17(19-24-12)15-11-23-9-8-20(15)16(21)7-6-13-4-3-5-14(10-13)22-2/h3-7,10,15H,8-9,11H2,1-2H3/b7-6+. The molecule has 7 heteroatoms. The van der Waals surface area contributed by atoms with Crippen LogP contribution in [0.2, 0.25) is 0 Å². The zero-order chi connectivity index (χ0) is 16.9. The number of ether oxygens (including phenoxy) is 2. The van der Waals surface area contributed by atoms with Crippen LogP contribution in [0.3, 0.4) is 0 Å². The Hall–Kier alpha value is -2.67. The number of morpholine rings is 1. The molecule has 0 radical (unpaired) electrons. The highest BCUT2D eigenvalue weighted by molar-refractivity contribution is 5.92. The van der Waals surface area contributed by atoms with Crippen LogP contribution in [0.15, 0.2) is 34.9 Å². The molecule has 1 fully saturated rings. The monoisotopic (exact) mass is 329 g/mol. The summed E-state index contributed by atoms with van der Waals surface area (Å²) in [5.74, 6) is 1.56. The van der Waals surface area contributed by atoms with E-state index in [9.17, 15) is 4.79 Å². The predicted molar refractivity (Wildman–Crippen MR) is 86.3 cm³/mol. The van der Waals surface area contributed by atoms with Crippen LogP contribution in [0, 0.1) is 6.92 Å². The number of methoxy groups -OCH3 is 1. The lowest BCUT2D eigenvalue weighted by atomic mass is 10.1. The molecule has 2 heterocycles. The highest BCUT2D eigenvalue weighted by Crippen LogP contribution is 2.22. The van der Waals surface area contributed by atoms with Gasteiger partial charge in [0.15, 0.2) is 5.82 Å². The maximum Gasteiger partial charge on any atom is 0.247 e. The van der Waals surface area contributed by atoms with Crippen LogP contribution >= 0.6 is 0 Å². The van der Waals surface area contributed by atoms with Crippen LogP contribution in [-0.4, -0.2) is 47.8 Å². The minimum Gasteiger partial charge on any atom is -0.497 e. The Morgan fingerprint density at radius 2 is 2.33 bits per heavy atom. The molecule has 1 unspecified atom stereocenters. The molecular formula is C17H19N3O4. The molecule has 0 saturated carbocycles. The van der Waals surface area contributed by atoms with Gasteiger partial charge in [0.2, 0.25) is 11.8 Å². The van der Waals surface area contributed by atoms with Crippen molar-refractivity contribution >= 4 is 12.0 Å². The fraction of sp³-hybridized carbons (Fsp3) is 0.353. The van der Waals surface area contributed by atoms with Gasteiger partial charge in [-0.2, -0.15) is 4.98 Å². The van der Waals surface area contributed by atoms with Crippen molar-refractivity contribution in [3.63, 3.8) is 0 Å². The predicted octanol–water partition coefficient (Wildman–Crippen LogP) is 2.00. The van der Waals surface area contributed by atoms with Gasteiger partial charge in [-0.3, -0.25) is 4.79 Å². The highest BCUT2D eigenvalue weighted by atomic mass is 16.5. The van der Waals surface area contributed by atoms with E-state index in [4.69, 9.17) is 14.0 Å². The van der Waals surface area contributed by atoms with E-state index in [1.165, 1.54) is 0 Å². The Bertz CT molecular complexity index is 741. The lowest BCUT2D eigenvalue weighted by Gasteiger charge is -2.32. The first-order valence-electron chi connectivity index (χ1n) is 7.68. The van der Waals surface area contributed by atoms with Gasteiger partial charge in [0.05, 0.1) is 20.3 Å². The third-order valence-corrected chi connectivity index (χ3v) is 3.77. The maximum atomic E-state index is 12.6. The highest BCUT2D eigenvalue weighted by Gasteiger charge is 2.30. The second-order valence-corrected chi connectivity index (χ2v) is 5.40. The molecule has 1 atom stereocenters. The fourth-order valence-corrected chi connectivity index (χ4v) is 2.54. The molecule has 3 rings (SSSR count). The van der Waals surface area contributed by atoms with Crippen molar-refractivity contribution in [3.05, 3.63) is 47.6 Å². The molecule has 0 spiro atoms. The van der Waals surface area contributed by atoms with Crippen molar-refractivity contribution in [3.8, 4) is 5.75 Å². The van der Waals surface area contributed by atoms with E-state index in [1.54, 1.807) is 31.1 Å². The molecule has 1 aromatic heterocycles. The van der Waals surface area contributed by atoms with Crippen molar-refractivity contribution in [2.75, 3.05) is 26.9 Å². The van der Waals surface area contributed by atoms with E-state index in [-0.39, 0.29) is 11.9 Å². The molecule has 1 aromatic carbocycles. The summed E-state index contributed by atoms with van der Waals surface area (Å²) in [7, 11) is 1.61. The van der Waals surface area contributed by atoms with E-state index in [0.29, 0.717) is 31.5 Å². The van der Waals surface area contributed by atoms with Crippen LogP contribution in [0.4, 0.5) is 0 Å². The van der Waals surface area contributed by atoms with Crippen LogP contribution in [0.25, 0.3) is 6.08 Å². The average molecular weight is 329 g/mol. The molecule has 7 nitrogen and oxygen atoms in total. The Kier molecular flexibility index (Phi) is 4.90. The van der Waals surface area contributed by atoms with E-state index >= 15 is 0 Å². The Labute approximate surface area is 139 Å². The smallest absolute Gasteiger partial charge is 0.247 e. The zero-order valence-corrected chi connectivity index (χ0v) is 13.6. The van der Waals surface area contributed by atoms with Gasteiger partial charge in [0.1, 0.15) is 11.8 Å². The molecule has 126 valence electrons. The number of aryl methyl sites for hydroxylation is 1. The normalized spacial score (nSPS) is 18.1. The van der Waals surface area contributed by atoms with Crippen molar-refractivity contribution in [2.45, 2.75) is 13.0 Å². The van der Waals surface area contributed by atoms with Crippen LogP contribution in [-0.2, 0) is 9.53 Å². The number of hydrogen-bond acceptors (Lipinski definition) is 6. The Morgan fingerprint density at radius 1 is 1.46 bits per heavy atom. The first-order valence-corrected chi connectivity index (χ1v) is 7.68. The van der Waals surface area contributed by atoms with Crippen LogP contribution < -0.4 is 4.74 Å². The van der Waals surface area contributed by atoms with Gasteiger partial charge in [-0.25, -0.2) is 0 Å². The summed E-state index contributed by atoms with van der Waals surface area (Å²) in [4.78, 5) is 18.5. The molecule has 1 aliphatic heterocycles. The lowest BCUT2D eigenvalue weighted by molar-refractivity contribution is -0.135. The summed E-state index contributed by atoms with van der Waals surface area (Å²) in [5.41, 5.74) is 0.892. The number of hydrogen-bond donors (Lipinski definition) is 0. The molecule has 1 amide bonds. The topological polar surface area (TPSA) is 77.7 Å². The quantitative estimate of drug-likeness (QED) is 0.799. The minimum atomic E-state index is -0.335. The lowest BCUT2D eigenvalue weighted by Crippen LogP contribution is -2.43. The van der Waals surface area contributed by atoms with Gasteiger partial charge < -0.3 is 18.9 Å². The van der Waals surface area contributed by atoms with Gasteiger partial charge >= 0.3 is 0 Å². The van der Waals surface area contributed by atoms with Gasteiger partial charge in [-0.15, -0.1) is 0 Å². The number of benzene rings is 1. The molecule has 24 heavy (non-hydrogen) atoms. The van der Waals surface area contributed by atoms with E-state index in [0.717, 1.165) is 11.3 Å². The van der Waals surface area contributed by atoms with Crippen molar-refractivity contribution in [1.82, 2.24) is 15.0 Å². The SMILES string of the molecule is COc1cccc(/C=C/C(=O)N2CCOCC2c2noc(C)n2)c1. The van der Waals surface area contributed by atoms with Crippen LogP contribution in [0.5, 0.6) is 5.75 Å². The molecule has 1 saturated heterocycles. The van der Waals surface area contributed by atoms with E-state index in [1.807, 2.05) is 24.3 Å². The van der Waals surface area contributed by atoms with E-state index < -0.39 is 0 Å².